The largest absolute Gasteiger partial charge is 0.481 e. The Hall–Kier alpha value is -1.95. The van der Waals surface area contributed by atoms with Crippen molar-refractivity contribution >= 4 is 0 Å². The summed E-state index contributed by atoms with van der Waals surface area (Å²) in [6, 6.07) is 3.77. The molecule has 1 aliphatic rings. The summed E-state index contributed by atoms with van der Waals surface area (Å²) in [5, 5.41) is 4.05. The molecule has 2 aromatic heterocycles. The summed E-state index contributed by atoms with van der Waals surface area (Å²) in [4.78, 5) is 8.66. The molecule has 1 saturated carbocycles. The molecule has 106 valence electrons. The molecule has 2 aromatic rings. The van der Waals surface area contributed by atoms with Gasteiger partial charge in [0.1, 0.15) is 0 Å². The second-order valence-corrected chi connectivity index (χ2v) is 5.24. The van der Waals surface area contributed by atoms with Crippen molar-refractivity contribution in [3.63, 3.8) is 0 Å². The normalized spacial score (nSPS) is 16.7. The van der Waals surface area contributed by atoms with Crippen molar-refractivity contribution in [3.05, 3.63) is 35.6 Å². The maximum absolute atomic E-state index is 5.84. The average Bonchev–Trinajstić information content (AvgIpc) is 2.88. The molecule has 0 saturated heterocycles. The number of ether oxygens (including phenoxy) is 1. The van der Waals surface area contributed by atoms with E-state index in [0.717, 1.165) is 18.4 Å². The Morgan fingerprint density at radius 3 is 2.80 bits per heavy atom. The molecule has 0 bridgehead atoms. The number of nitrogens with zero attached hydrogens (tertiary/aromatic N) is 3. The highest BCUT2D eigenvalue weighted by molar-refractivity contribution is 5.21. The van der Waals surface area contributed by atoms with Crippen LogP contribution in [0.2, 0.25) is 0 Å². The monoisotopic (exact) mass is 274 g/mol. The van der Waals surface area contributed by atoms with E-state index in [9.17, 15) is 0 Å². The van der Waals surface area contributed by atoms with E-state index in [1.165, 1.54) is 6.42 Å². The van der Waals surface area contributed by atoms with E-state index >= 15 is 0 Å². The van der Waals surface area contributed by atoms with Crippen LogP contribution in [-0.2, 0) is 11.8 Å². The van der Waals surface area contributed by atoms with Crippen molar-refractivity contribution in [2.45, 2.75) is 31.1 Å². The van der Waals surface area contributed by atoms with Crippen molar-refractivity contribution in [2.75, 3.05) is 13.7 Å². The fraction of sp³-hybridized carbons (Fsp3) is 0.500. The maximum atomic E-state index is 5.84. The first-order chi connectivity index (χ1) is 9.75. The molecule has 2 heterocycles. The molecule has 0 aliphatic heterocycles. The molecule has 0 aromatic carbocycles. The predicted molar refractivity (Wildman–Crippen MR) is 72.5 cm³/mol. The molecule has 6 heteroatoms. The summed E-state index contributed by atoms with van der Waals surface area (Å²) in [7, 11) is 1.60. The van der Waals surface area contributed by atoms with Crippen LogP contribution in [0.5, 0.6) is 5.88 Å². The van der Waals surface area contributed by atoms with Gasteiger partial charge in [0.15, 0.2) is 5.82 Å². The van der Waals surface area contributed by atoms with Crippen molar-refractivity contribution in [3.8, 4) is 5.88 Å². The first-order valence-corrected chi connectivity index (χ1v) is 6.78. The number of rotatable bonds is 5. The Bertz CT molecular complexity index is 570. The maximum Gasteiger partial charge on any atom is 0.234 e. The fourth-order valence-electron chi connectivity index (χ4n) is 2.47. The van der Waals surface area contributed by atoms with Gasteiger partial charge in [-0.3, -0.25) is 0 Å². The van der Waals surface area contributed by atoms with E-state index in [1.807, 2.05) is 12.1 Å². The lowest BCUT2D eigenvalue weighted by Crippen LogP contribution is -2.41. The molecule has 2 N–H and O–H groups in total. The Labute approximate surface area is 117 Å². The van der Waals surface area contributed by atoms with Gasteiger partial charge in [-0.15, -0.1) is 0 Å². The van der Waals surface area contributed by atoms with Crippen LogP contribution in [0.1, 0.15) is 36.5 Å². The number of methoxy groups -OCH3 is 1. The number of hydrogen-bond donors (Lipinski definition) is 1. The molecule has 0 amide bonds. The summed E-state index contributed by atoms with van der Waals surface area (Å²) in [6.45, 7) is 0.568. The number of aromatic nitrogens is 3. The number of nitrogens with two attached hydrogens (primary N) is 1. The standard InChI is InChI=1S/C14H18N4O2/c1-19-12-4-3-10(8-16-12)7-11-17-13(20-18-11)14(9-15)5-2-6-14/h3-4,8H,2,5-7,9,15H2,1H3. The smallest absolute Gasteiger partial charge is 0.234 e. The molecule has 0 atom stereocenters. The summed E-state index contributed by atoms with van der Waals surface area (Å²) >= 11 is 0. The van der Waals surface area contributed by atoms with Crippen LogP contribution in [0.4, 0.5) is 0 Å². The minimum atomic E-state index is -0.0800. The van der Waals surface area contributed by atoms with Crippen molar-refractivity contribution in [1.82, 2.24) is 15.1 Å². The predicted octanol–water partition coefficient (Wildman–Crippen LogP) is 1.44. The third-order valence-corrected chi connectivity index (χ3v) is 3.99. The van der Waals surface area contributed by atoms with Gasteiger partial charge in [0.25, 0.3) is 0 Å². The Balaban J connectivity index is 1.73. The van der Waals surface area contributed by atoms with E-state index in [0.29, 0.717) is 30.6 Å². The summed E-state index contributed by atoms with van der Waals surface area (Å²) in [5.41, 5.74) is 6.78. The highest BCUT2D eigenvalue weighted by atomic mass is 16.5. The Morgan fingerprint density at radius 2 is 2.25 bits per heavy atom. The van der Waals surface area contributed by atoms with Gasteiger partial charge >= 0.3 is 0 Å². The number of pyridine rings is 1. The van der Waals surface area contributed by atoms with Gasteiger partial charge in [-0.2, -0.15) is 4.98 Å². The van der Waals surface area contributed by atoms with Gasteiger partial charge in [-0.1, -0.05) is 17.6 Å². The summed E-state index contributed by atoms with van der Waals surface area (Å²) < 4.78 is 10.4. The lowest BCUT2D eigenvalue weighted by Gasteiger charge is -2.36. The average molecular weight is 274 g/mol. The molecule has 3 rings (SSSR count). The minimum absolute atomic E-state index is 0.0800. The first kappa shape index (κ1) is 13.1. The zero-order valence-corrected chi connectivity index (χ0v) is 11.5. The fourth-order valence-corrected chi connectivity index (χ4v) is 2.47. The van der Waals surface area contributed by atoms with Crippen molar-refractivity contribution in [1.29, 1.82) is 0 Å². The molecule has 6 nitrogen and oxygen atoms in total. The van der Waals surface area contributed by atoms with E-state index in [1.54, 1.807) is 13.3 Å². The van der Waals surface area contributed by atoms with Gasteiger partial charge in [-0.05, 0) is 18.4 Å². The Kier molecular flexibility index (Phi) is 3.40. The van der Waals surface area contributed by atoms with Crippen LogP contribution in [0.3, 0.4) is 0 Å². The van der Waals surface area contributed by atoms with Crippen LogP contribution in [0, 0.1) is 0 Å². The zero-order valence-electron chi connectivity index (χ0n) is 11.5. The SMILES string of the molecule is COc1ccc(Cc2noc(C3(CN)CCC3)n2)cn1. The Morgan fingerprint density at radius 1 is 1.40 bits per heavy atom. The van der Waals surface area contributed by atoms with Crippen LogP contribution in [0.25, 0.3) is 0 Å². The lowest BCUT2D eigenvalue weighted by atomic mass is 9.69. The summed E-state index contributed by atoms with van der Waals surface area (Å²) in [5.74, 6) is 1.95. The molecule has 0 unspecified atom stereocenters. The molecule has 1 fully saturated rings. The van der Waals surface area contributed by atoms with E-state index in [4.69, 9.17) is 15.0 Å². The van der Waals surface area contributed by atoms with E-state index in [2.05, 4.69) is 15.1 Å². The van der Waals surface area contributed by atoms with Gasteiger partial charge in [0, 0.05) is 25.2 Å². The van der Waals surface area contributed by atoms with Gasteiger partial charge in [0.2, 0.25) is 11.8 Å². The molecular formula is C14H18N4O2. The van der Waals surface area contributed by atoms with Crippen LogP contribution in [-0.4, -0.2) is 28.8 Å². The first-order valence-electron chi connectivity index (χ1n) is 6.78. The molecular weight excluding hydrogens is 256 g/mol. The highest BCUT2D eigenvalue weighted by Gasteiger charge is 2.42. The molecule has 20 heavy (non-hydrogen) atoms. The zero-order chi connectivity index (χ0) is 14.0. The van der Waals surface area contributed by atoms with Crippen LogP contribution in [0.15, 0.2) is 22.9 Å². The minimum Gasteiger partial charge on any atom is -0.481 e. The van der Waals surface area contributed by atoms with Crippen LogP contribution >= 0.6 is 0 Å². The topological polar surface area (TPSA) is 87.1 Å². The molecule has 0 spiro atoms. The quantitative estimate of drug-likeness (QED) is 0.887. The van der Waals surface area contributed by atoms with E-state index in [-0.39, 0.29) is 5.41 Å². The molecule has 0 radical (unpaired) electrons. The third kappa shape index (κ3) is 2.27. The summed E-state index contributed by atoms with van der Waals surface area (Å²) in [6.07, 6.45) is 5.61. The van der Waals surface area contributed by atoms with Crippen molar-refractivity contribution < 1.29 is 9.26 Å². The number of hydrogen-bond acceptors (Lipinski definition) is 6. The van der Waals surface area contributed by atoms with Crippen LogP contribution < -0.4 is 10.5 Å². The van der Waals surface area contributed by atoms with E-state index < -0.39 is 0 Å². The lowest BCUT2D eigenvalue weighted by molar-refractivity contribution is 0.181. The highest BCUT2D eigenvalue weighted by Crippen LogP contribution is 2.41. The van der Waals surface area contributed by atoms with Gasteiger partial charge in [-0.25, -0.2) is 4.98 Å². The van der Waals surface area contributed by atoms with Gasteiger partial charge in [0.05, 0.1) is 12.5 Å². The van der Waals surface area contributed by atoms with Gasteiger partial charge < -0.3 is 15.0 Å². The molecule has 1 aliphatic carbocycles. The third-order valence-electron chi connectivity index (χ3n) is 3.99. The van der Waals surface area contributed by atoms with Crippen molar-refractivity contribution in [2.24, 2.45) is 5.73 Å². The second-order valence-electron chi connectivity index (χ2n) is 5.24. The second kappa shape index (κ2) is 5.20.